The molecule has 0 atom stereocenters. The largest absolute Gasteiger partial charge is 0.494 e. The molecular weight excluding hydrogens is 414 g/mol. The number of Topliss-reactive ketones (excluding diaryl/α,β-unsaturated/α-hetero) is 1. The molecule has 0 N–H and O–H groups in total. The molecule has 1 heterocycles. The smallest absolute Gasteiger partial charge is 0.343 e. The number of hydrogen-bond acceptors (Lipinski definition) is 7. The Morgan fingerprint density at radius 2 is 1.72 bits per heavy atom. The lowest BCUT2D eigenvalue weighted by Gasteiger charge is -2.05. The van der Waals surface area contributed by atoms with Gasteiger partial charge in [-0.1, -0.05) is 12.1 Å². The monoisotopic (exact) mass is 431 g/mol. The maximum atomic E-state index is 12.6. The summed E-state index contributed by atoms with van der Waals surface area (Å²) in [5.74, 6) is 0.388. The highest BCUT2D eigenvalue weighted by atomic mass is 16.6. The molecule has 1 aliphatic rings. The van der Waals surface area contributed by atoms with E-state index in [1.54, 1.807) is 18.2 Å². The first kappa shape index (κ1) is 20.8. The average molecular weight is 431 g/mol. The number of hydrogen-bond donors (Lipinski definition) is 0. The van der Waals surface area contributed by atoms with Crippen molar-refractivity contribution in [3.05, 3.63) is 99.3 Å². The molecule has 8 nitrogen and oxygen atoms in total. The molecule has 0 aliphatic carbocycles. The number of rotatable bonds is 6. The Hall–Kier alpha value is -4.46. The average Bonchev–Trinajstić information content (AvgIpc) is 3.10. The van der Waals surface area contributed by atoms with Gasteiger partial charge >= 0.3 is 5.97 Å². The minimum absolute atomic E-state index is 0.127. The van der Waals surface area contributed by atoms with E-state index in [4.69, 9.17) is 14.2 Å². The van der Waals surface area contributed by atoms with E-state index >= 15 is 0 Å². The summed E-state index contributed by atoms with van der Waals surface area (Å²) in [6.45, 7) is 2.46. The van der Waals surface area contributed by atoms with Crippen LogP contribution in [-0.2, 0) is 0 Å². The van der Waals surface area contributed by atoms with Gasteiger partial charge in [-0.05, 0) is 55.0 Å². The predicted octanol–water partition coefficient (Wildman–Crippen LogP) is 4.83. The zero-order valence-corrected chi connectivity index (χ0v) is 16.9. The van der Waals surface area contributed by atoms with Gasteiger partial charge in [-0.2, -0.15) is 0 Å². The van der Waals surface area contributed by atoms with Crippen LogP contribution in [0.3, 0.4) is 0 Å². The number of allylic oxidation sites excluding steroid dienone is 1. The highest BCUT2D eigenvalue weighted by Crippen LogP contribution is 2.35. The normalized spacial score (nSPS) is 13.4. The SMILES string of the molecule is CCOc1ccc(C=C2Oc3cc(OC(=O)c4ccc([N+](=O)[O-])cc4)ccc3C2=O)cc1. The van der Waals surface area contributed by atoms with Gasteiger partial charge in [0.05, 0.1) is 22.7 Å². The molecule has 0 spiro atoms. The molecule has 32 heavy (non-hydrogen) atoms. The lowest BCUT2D eigenvalue weighted by Crippen LogP contribution is -2.08. The van der Waals surface area contributed by atoms with E-state index in [1.807, 2.05) is 19.1 Å². The molecule has 1 aliphatic heterocycles. The second-order valence-electron chi connectivity index (χ2n) is 6.79. The second-order valence-corrected chi connectivity index (χ2v) is 6.79. The third-order valence-electron chi connectivity index (χ3n) is 4.65. The van der Waals surface area contributed by atoms with Crippen molar-refractivity contribution in [3.8, 4) is 17.2 Å². The topological polar surface area (TPSA) is 105 Å². The molecule has 0 saturated carbocycles. The van der Waals surface area contributed by atoms with Gasteiger partial charge in [-0.15, -0.1) is 0 Å². The standard InChI is InChI=1S/C24H17NO7/c1-2-30-18-9-3-15(4-10-18)13-22-23(26)20-12-11-19(14-21(20)32-22)31-24(27)16-5-7-17(8-6-16)25(28)29/h3-14H,2H2,1H3. The third kappa shape index (κ3) is 4.34. The van der Waals surface area contributed by atoms with Gasteiger partial charge in [-0.25, -0.2) is 4.79 Å². The van der Waals surface area contributed by atoms with Crippen molar-refractivity contribution < 1.29 is 28.7 Å². The van der Waals surface area contributed by atoms with E-state index in [0.717, 1.165) is 11.3 Å². The molecule has 0 unspecified atom stereocenters. The Morgan fingerprint density at radius 1 is 1.03 bits per heavy atom. The Kier molecular flexibility index (Phi) is 5.67. The fourth-order valence-electron chi connectivity index (χ4n) is 3.09. The number of nitrogens with zero attached hydrogens (tertiary/aromatic N) is 1. The summed E-state index contributed by atoms with van der Waals surface area (Å²) in [4.78, 5) is 35.1. The number of ketones is 1. The van der Waals surface area contributed by atoms with Crippen LogP contribution in [-0.4, -0.2) is 23.3 Å². The first-order chi connectivity index (χ1) is 15.4. The molecule has 0 amide bonds. The van der Waals surface area contributed by atoms with Crippen LogP contribution in [0, 0.1) is 10.1 Å². The van der Waals surface area contributed by atoms with E-state index in [0.29, 0.717) is 12.2 Å². The summed E-state index contributed by atoms with van der Waals surface area (Å²) in [5, 5.41) is 10.7. The Morgan fingerprint density at radius 3 is 2.38 bits per heavy atom. The number of ether oxygens (including phenoxy) is 3. The number of nitro groups is 1. The number of fused-ring (bicyclic) bond motifs is 1. The molecule has 0 saturated heterocycles. The van der Waals surface area contributed by atoms with E-state index < -0.39 is 10.9 Å². The zero-order chi connectivity index (χ0) is 22.7. The highest BCUT2D eigenvalue weighted by molar-refractivity contribution is 6.14. The van der Waals surface area contributed by atoms with Gasteiger partial charge in [0.25, 0.3) is 5.69 Å². The summed E-state index contributed by atoms with van der Waals surface area (Å²) in [6, 6.07) is 16.8. The van der Waals surface area contributed by atoms with Crippen LogP contribution in [0.5, 0.6) is 17.2 Å². The van der Waals surface area contributed by atoms with Gasteiger partial charge in [0.2, 0.25) is 5.78 Å². The van der Waals surface area contributed by atoms with Crippen LogP contribution in [0.15, 0.2) is 72.5 Å². The maximum absolute atomic E-state index is 12.6. The maximum Gasteiger partial charge on any atom is 0.343 e. The van der Waals surface area contributed by atoms with Crippen LogP contribution in [0.1, 0.15) is 33.2 Å². The second kappa shape index (κ2) is 8.73. The van der Waals surface area contributed by atoms with E-state index in [-0.39, 0.29) is 34.3 Å². The molecular formula is C24H17NO7. The van der Waals surface area contributed by atoms with Gasteiger partial charge in [0, 0.05) is 18.2 Å². The number of benzene rings is 3. The Labute approximate surface area is 182 Å². The van der Waals surface area contributed by atoms with E-state index in [1.165, 1.54) is 42.5 Å². The van der Waals surface area contributed by atoms with Crippen LogP contribution in [0.4, 0.5) is 5.69 Å². The fourth-order valence-corrected chi connectivity index (χ4v) is 3.09. The molecule has 8 heteroatoms. The number of carbonyl (C=O) groups excluding carboxylic acids is 2. The first-order valence-electron chi connectivity index (χ1n) is 9.72. The summed E-state index contributed by atoms with van der Waals surface area (Å²) < 4.78 is 16.4. The fraction of sp³-hybridized carbons (Fsp3) is 0.0833. The van der Waals surface area contributed by atoms with Crippen molar-refractivity contribution in [2.75, 3.05) is 6.61 Å². The Bertz CT molecular complexity index is 1230. The van der Waals surface area contributed by atoms with E-state index in [2.05, 4.69) is 0 Å². The Balaban J connectivity index is 1.48. The van der Waals surface area contributed by atoms with Gasteiger partial charge in [-0.3, -0.25) is 14.9 Å². The van der Waals surface area contributed by atoms with Crippen molar-refractivity contribution in [3.63, 3.8) is 0 Å². The minimum atomic E-state index is -0.686. The molecule has 0 aromatic heterocycles. The third-order valence-corrected chi connectivity index (χ3v) is 4.65. The molecule has 3 aromatic carbocycles. The van der Waals surface area contributed by atoms with Crippen molar-refractivity contribution >= 4 is 23.5 Å². The lowest BCUT2D eigenvalue weighted by molar-refractivity contribution is -0.384. The molecule has 160 valence electrons. The van der Waals surface area contributed by atoms with Gasteiger partial charge in [0.15, 0.2) is 5.76 Å². The van der Waals surface area contributed by atoms with Gasteiger partial charge < -0.3 is 14.2 Å². The van der Waals surface area contributed by atoms with Crippen molar-refractivity contribution in [2.45, 2.75) is 6.92 Å². The summed E-state index contributed by atoms with van der Waals surface area (Å²) in [5.41, 5.74) is 1.16. The lowest BCUT2D eigenvalue weighted by atomic mass is 10.1. The molecule has 4 rings (SSSR count). The van der Waals surface area contributed by atoms with Crippen molar-refractivity contribution in [2.24, 2.45) is 0 Å². The highest BCUT2D eigenvalue weighted by Gasteiger charge is 2.28. The molecule has 0 fully saturated rings. The van der Waals surface area contributed by atoms with Crippen molar-refractivity contribution in [1.82, 2.24) is 0 Å². The quantitative estimate of drug-likeness (QED) is 0.181. The minimum Gasteiger partial charge on any atom is -0.494 e. The van der Waals surface area contributed by atoms with Crippen molar-refractivity contribution in [1.29, 1.82) is 0 Å². The van der Waals surface area contributed by atoms with Crippen LogP contribution in [0.25, 0.3) is 6.08 Å². The zero-order valence-electron chi connectivity index (χ0n) is 16.9. The van der Waals surface area contributed by atoms with Crippen LogP contribution < -0.4 is 14.2 Å². The molecule has 3 aromatic rings. The number of non-ortho nitro benzene ring substituents is 1. The van der Waals surface area contributed by atoms with Crippen LogP contribution in [0.2, 0.25) is 0 Å². The summed E-state index contributed by atoms with van der Waals surface area (Å²) >= 11 is 0. The number of carbonyl (C=O) groups is 2. The number of nitro benzene ring substituents is 1. The first-order valence-corrected chi connectivity index (χ1v) is 9.72. The number of esters is 1. The molecule has 0 radical (unpaired) electrons. The molecule has 0 bridgehead atoms. The predicted molar refractivity (Wildman–Crippen MR) is 115 cm³/mol. The summed E-state index contributed by atoms with van der Waals surface area (Å²) in [6.07, 6.45) is 1.63. The van der Waals surface area contributed by atoms with Crippen LogP contribution >= 0.6 is 0 Å². The summed E-state index contributed by atoms with van der Waals surface area (Å²) in [7, 11) is 0. The van der Waals surface area contributed by atoms with E-state index in [9.17, 15) is 19.7 Å². The van der Waals surface area contributed by atoms with Gasteiger partial charge in [0.1, 0.15) is 17.2 Å².